The fraction of sp³-hybridized carbons (Fsp3) is 0.333. The number of aromatic hydroxyl groups is 1. The van der Waals surface area contributed by atoms with Crippen LogP contribution in [0.4, 0.5) is 4.39 Å². The van der Waals surface area contributed by atoms with Crippen LogP contribution in [-0.2, 0) is 0 Å². The second-order valence-corrected chi connectivity index (χ2v) is 3.01. The van der Waals surface area contributed by atoms with Crippen LogP contribution in [0.3, 0.4) is 0 Å². The third-order valence-corrected chi connectivity index (χ3v) is 1.81. The summed E-state index contributed by atoms with van der Waals surface area (Å²) in [5, 5.41) is 18.5. The molecule has 1 aromatic rings. The normalized spacial score (nSPS) is 15.4. The molecule has 1 rings (SSSR count). The monoisotopic (exact) mass is 184 g/mol. The summed E-state index contributed by atoms with van der Waals surface area (Å²) in [5.41, 5.74) is 5.84. The number of benzene rings is 1. The van der Waals surface area contributed by atoms with E-state index in [1.165, 1.54) is 12.1 Å². The molecule has 72 valence electrons. The van der Waals surface area contributed by atoms with Gasteiger partial charge in [-0.05, 0) is 24.6 Å². The highest BCUT2D eigenvalue weighted by Crippen LogP contribution is 2.22. The van der Waals surface area contributed by atoms with Crippen molar-refractivity contribution in [3.8, 4) is 5.75 Å². The summed E-state index contributed by atoms with van der Waals surface area (Å²) in [4.78, 5) is 0. The molecule has 2 atom stereocenters. The summed E-state index contributed by atoms with van der Waals surface area (Å²) in [6, 6.07) is 3.20. The van der Waals surface area contributed by atoms with E-state index in [0.29, 0.717) is 5.56 Å². The Hall–Kier alpha value is -1.13. The van der Waals surface area contributed by atoms with E-state index in [9.17, 15) is 9.50 Å². The van der Waals surface area contributed by atoms with Gasteiger partial charge in [0.2, 0.25) is 0 Å². The average molecular weight is 184 g/mol. The number of hydrogen-bond acceptors (Lipinski definition) is 3. The summed E-state index contributed by atoms with van der Waals surface area (Å²) in [6.45, 7) is 1.63. The minimum atomic E-state index is -0.883. The van der Waals surface area contributed by atoms with E-state index < -0.39 is 23.7 Å². The van der Waals surface area contributed by atoms with Crippen molar-refractivity contribution >= 4 is 0 Å². The molecule has 4 N–H and O–H groups in total. The number of halogens is 1. The first-order valence-corrected chi connectivity index (χ1v) is 3.94. The molecule has 0 aromatic heterocycles. The molecule has 13 heavy (non-hydrogen) atoms. The predicted molar refractivity (Wildman–Crippen MR) is 46.7 cm³/mol. The van der Waals surface area contributed by atoms with Crippen LogP contribution in [0.1, 0.15) is 18.6 Å². The molecule has 0 amide bonds. The second kappa shape index (κ2) is 3.72. The van der Waals surface area contributed by atoms with E-state index in [1.54, 1.807) is 6.92 Å². The number of phenolic OH excluding ortho intramolecular Hbond substituents is 1. The second-order valence-electron chi connectivity index (χ2n) is 3.01. The maximum absolute atomic E-state index is 12.6. The van der Waals surface area contributed by atoms with Crippen molar-refractivity contribution in [2.75, 3.05) is 0 Å². The molecular formula is C9H12FNO2. The Labute approximate surface area is 75.6 Å². The van der Waals surface area contributed by atoms with Crippen LogP contribution in [0.5, 0.6) is 5.75 Å². The zero-order chi connectivity index (χ0) is 10.0. The molecule has 0 unspecified atom stereocenters. The van der Waals surface area contributed by atoms with Crippen molar-refractivity contribution in [1.29, 1.82) is 0 Å². The fourth-order valence-corrected chi connectivity index (χ4v) is 1.02. The standard InChI is InChI=1S/C9H12FNO2/c1-5(11)9(13)6-2-3-7(10)8(12)4-6/h2-5,9,12-13H,11H2,1H3/t5-,9-/m0/s1/i10-1. The zero-order valence-electron chi connectivity index (χ0n) is 7.24. The lowest BCUT2D eigenvalue weighted by Gasteiger charge is -2.14. The number of aliphatic hydroxyl groups is 1. The van der Waals surface area contributed by atoms with Gasteiger partial charge in [0.1, 0.15) is 0 Å². The highest BCUT2D eigenvalue weighted by Gasteiger charge is 2.13. The van der Waals surface area contributed by atoms with E-state index in [0.717, 1.165) is 6.07 Å². The Balaban J connectivity index is 2.97. The average Bonchev–Trinajstić information content (AvgIpc) is 2.08. The van der Waals surface area contributed by atoms with Gasteiger partial charge in [-0.2, -0.15) is 0 Å². The molecule has 1 aromatic carbocycles. The van der Waals surface area contributed by atoms with Gasteiger partial charge in [0.05, 0.1) is 6.10 Å². The Morgan fingerprint density at radius 3 is 2.54 bits per heavy atom. The maximum Gasteiger partial charge on any atom is 0.164 e. The first-order chi connectivity index (χ1) is 6.02. The van der Waals surface area contributed by atoms with Gasteiger partial charge in [0.25, 0.3) is 0 Å². The summed E-state index contributed by atoms with van der Waals surface area (Å²) in [5.74, 6) is -1.18. The Kier molecular flexibility index (Phi) is 2.85. The van der Waals surface area contributed by atoms with Crippen molar-refractivity contribution in [1.82, 2.24) is 0 Å². The fourth-order valence-electron chi connectivity index (χ4n) is 1.02. The van der Waals surface area contributed by atoms with Crippen LogP contribution in [0.25, 0.3) is 0 Å². The van der Waals surface area contributed by atoms with E-state index in [2.05, 4.69) is 0 Å². The quantitative estimate of drug-likeness (QED) is 0.640. The maximum atomic E-state index is 12.6. The van der Waals surface area contributed by atoms with Crippen molar-refractivity contribution < 1.29 is 14.6 Å². The van der Waals surface area contributed by atoms with E-state index in [-0.39, 0.29) is 0 Å². The van der Waals surface area contributed by atoms with Crippen molar-refractivity contribution in [2.45, 2.75) is 19.1 Å². The van der Waals surface area contributed by atoms with Crippen LogP contribution < -0.4 is 5.73 Å². The minimum Gasteiger partial charge on any atom is -0.505 e. The van der Waals surface area contributed by atoms with Crippen LogP contribution in [0, 0.1) is 5.82 Å². The highest BCUT2D eigenvalue weighted by molar-refractivity contribution is 5.30. The van der Waals surface area contributed by atoms with Gasteiger partial charge in [0.15, 0.2) is 11.6 Å². The number of rotatable bonds is 2. The highest BCUT2D eigenvalue weighted by atomic mass is 18.2. The van der Waals surface area contributed by atoms with Gasteiger partial charge in [-0.1, -0.05) is 6.07 Å². The zero-order valence-corrected chi connectivity index (χ0v) is 7.24. The Bertz CT molecular complexity index is 302. The summed E-state index contributed by atoms with van der Waals surface area (Å²) >= 11 is 0. The van der Waals surface area contributed by atoms with Crippen LogP contribution in [0.2, 0.25) is 0 Å². The molecule has 0 saturated heterocycles. The molecular weight excluding hydrogens is 172 g/mol. The lowest BCUT2D eigenvalue weighted by molar-refractivity contribution is 0.153. The lowest BCUT2D eigenvalue weighted by Crippen LogP contribution is -2.24. The minimum absolute atomic E-state index is 0.411. The van der Waals surface area contributed by atoms with E-state index in [4.69, 9.17) is 10.8 Å². The van der Waals surface area contributed by atoms with Gasteiger partial charge in [-0.15, -0.1) is 0 Å². The first kappa shape index (κ1) is 9.95. The summed E-state index contributed by atoms with van der Waals surface area (Å²) in [7, 11) is 0. The van der Waals surface area contributed by atoms with Crippen molar-refractivity contribution in [2.24, 2.45) is 5.73 Å². The lowest BCUT2D eigenvalue weighted by atomic mass is 10.0. The van der Waals surface area contributed by atoms with Crippen LogP contribution >= 0.6 is 0 Å². The predicted octanol–water partition coefficient (Wildman–Crippen LogP) is 0.912. The molecule has 3 nitrogen and oxygen atoms in total. The molecule has 0 aliphatic rings. The SMILES string of the molecule is C[C@H](N)[C@H](O)c1ccc([18F])c(O)c1. The number of hydrogen-bond donors (Lipinski definition) is 3. The third-order valence-electron chi connectivity index (χ3n) is 1.81. The number of nitrogens with two attached hydrogens (primary N) is 1. The van der Waals surface area contributed by atoms with Crippen LogP contribution in [0.15, 0.2) is 18.2 Å². The molecule has 0 fully saturated rings. The van der Waals surface area contributed by atoms with Crippen molar-refractivity contribution in [3.05, 3.63) is 29.6 Å². The molecule has 4 heteroatoms. The Morgan fingerprint density at radius 1 is 1.46 bits per heavy atom. The van der Waals surface area contributed by atoms with Gasteiger partial charge in [0, 0.05) is 6.04 Å². The van der Waals surface area contributed by atoms with Gasteiger partial charge in [-0.25, -0.2) is 4.39 Å². The van der Waals surface area contributed by atoms with Gasteiger partial charge in [-0.3, -0.25) is 0 Å². The number of aliphatic hydroxyl groups excluding tert-OH is 1. The summed E-state index contributed by atoms with van der Waals surface area (Å²) in [6.07, 6.45) is -0.883. The smallest absolute Gasteiger partial charge is 0.164 e. The van der Waals surface area contributed by atoms with Crippen LogP contribution in [-0.4, -0.2) is 16.3 Å². The molecule has 0 bridgehead atoms. The molecule has 0 radical (unpaired) electrons. The molecule has 0 spiro atoms. The molecule has 0 aliphatic carbocycles. The molecule has 0 aliphatic heterocycles. The number of phenols is 1. The largest absolute Gasteiger partial charge is 0.505 e. The van der Waals surface area contributed by atoms with E-state index in [1.807, 2.05) is 0 Å². The Morgan fingerprint density at radius 2 is 2.08 bits per heavy atom. The topological polar surface area (TPSA) is 66.5 Å². The molecule has 0 heterocycles. The van der Waals surface area contributed by atoms with Gasteiger partial charge >= 0.3 is 0 Å². The molecule has 0 saturated carbocycles. The van der Waals surface area contributed by atoms with E-state index >= 15 is 0 Å². The first-order valence-electron chi connectivity index (χ1n) is 3.94. The van der Waals surface area contributed by atoms with Crippen molar-refractivity contribution in [3.63, 3.8) is 0 Å². The third kappa shape index (κ3) is 2.17. The van der Waals surface area contributed by atoms with Gasteiger partial charge < -0.3 is 15.9 Å². The summed E-state index contributed by atoms with van der Waals surface area (Å²) < 4.78 is 12.6.